The van der Waals surface area contributed by atoms with Gasteiger partial charge in [0.05, 0.1) is 0 Å². The SMILES string of the molecule is C=C(CNCC(C)(C)c1cccs1)C(=O)O. The van der Waals surface area contributed by atoms with E-state index in [1.807, 2.05) is 11.4 Å². The van der Waals surface area contributed by atoms with Gasteiger partial charge in [0.2, 0.25) is 0 Å². The summed E-state index contributed by atoms with van der Waals surface area (Å²) in [6.45, 7) is 8.81. The van der Waals surface area contributed by atoms with E-state index in [1.54, 1.807) is 11.3 Å². The van der Waals surface area contributed by atoms with E-state index in [0.717, 1.165) is 6.54 Å². The first-order chi connectivity index (χ1) is 7.43. The predicted octanol–water partition coefficient (Wildman–Crippen LogP) is 2.26. The van der Waals surface area contributed by atoms with Gasteiger partial charge in [-0.2, -0.15) is 0 Å². The molecule has 0 atom stereocenters. The Kier molecular flexibility index (Phi) is 4.26. The lowest BCUT2D eigenvalue weighted by Gasteiger charge is -2.23. The van der Waals surface area contributed by atoms with Gasteiger partial charge in [0, 0.05) is 29.0 Å². The highest BCUT2D eigenvalue weighted by Gasteiger charge is 2.21. The van der Waals surface area contributed by atoms with Crippen LogP contribution in [-0.2, 0) is 10.2 Å². The van der Waals surface area contributed by atoms with E-state index in [4.69, 9.17) is 5.11 Å². The molecular weight excluding hydrogens is 222 g/mol. The number of carbonyl (C=O) groups is 1. The summed E-state index contributed by atoms with van der Waals surface area (Å²) in [5, 5.41) is 13.8. The quantitative estimate of drug-likeness (QED) is 0.749. The van der Waals surface area contributed by atoms with E-state index in [1.165, 1.54) is 4.88 Å². The average molecular weight is 239 g/mol. The highest BCUT2D eigenvalue weighted by molar-refractivity contribution is 7.10. The first-order valence-corrected chi connectivity index (χ1v) is 5.97. The molecule has 0 fully saturated rings. The van der Waals surface area contributed by atoms with Crippen molar-refractivity contribution < 1.29 is 9.90 Å². The van der Waals surface area contributed by atoms with Crippen molar-refractivity contribution >= 4 is 17.3 Å². The van der Waals surface area contributed by atoms with Gasteiger partial charge in [0.1, 0.15) is 0 Å². The zero-order chi connectivity index (χ0) is 12.2. The van der Waals surface area contributed by atoms with Crippen LogP contribution in [0.3, 0.4) is 0 Å². The number of hydrogen-bond donors (Lipinski definition) is 2. The number of thiophene rings is 1. The molecule has 88 valence electrons. The van der Waals surface area contributed by atoms with Gasteiger partial charge in [0.15, 0.2) is 0 Å². The number of carboxylic acid groups (broad SMARTS) is 1. The van der Waals surface area contributed by atoms with Gasteiger partial charge < -0.3 is 10.4 Å². The van der Waals surface area contributed by atoms with Crippen molar-refractivity contribution in [1.29, 1.82) is 0 Å². The second-order valence-electron chi connectivity index (χ2n) is 4.37. The highest BCUT2D eigenvalue weighted by Crippen LogP contribution is 2.26. The number of rotatable bonds is 6. The molecule has 0 aromatic carbocycles. The molecule has 1 heterocycles. The number of aliphatic carboxylic acids is 1. The summed E-state index contributed by atoms with van der Waals surface area (Å²) in [6, 6.07) is 4.12. The van der Waals surface area contributed by atoms with E-state index < -0.39 is 5.97 Å². The Morgan fingerprint density at radius 1 is 1.62 bits per heavy atom. The van der Waals surface area contributed by atoms with Gasteiger partial charge in [-0.1, -0.05) is 26.5 Å². The van der Waals surface area contributed by atoms with Crippen LogP contribution in [0.2, 0.25) is 0 Å². The van der Waals surface area contributed by atoms with Crippen molar-refractivity contribution in [2.24, 2.45) is 0 Å². The minimum Gasteiger partial charge on any atom is -0.478 e. The fourth-order valence-electron chi connectivity index (χ4n) is 1.35. The third-order valence-corrected chi connectivity index (χ3v) is 3.63. The normalized spacial score (nSPS) is 11.4. The van der Waals surface area contributed by atoms with Crippen LogP contribution < -0.4 is 5.32 Å². The molecule has 4 heteroatoms. The smallest absolute Gasteiger partial charge is 0.332 e. The van der Waals surface area contributed by atoms with Crippen molar-refractivity contribution in [3.63, 3.8) is 0 Å². The molecule has 1 aromatic rings. The standard InChI is InChI=1S/C12H17NO2S/c1-9(11(14)15)7-13-8-12(2,3)10-5-4-6-16-10/h4-6,13H,1,7-8H2,2-3H3,(H,14,15). The molecule has 0 unspecified atom stereocenters. The van der Waals surface area contributed by atoms with Crippen LogP contribution in [0.5, 0.6) is 0 Å². The minimum atomic E-state index is -0.943. The van der Waals surface area contributed by atoms with Crippen LogP contribution in [0.1, 0.15) is 18.7 Å². The highest BCUT2D eigenvalue weighted by atomic mass is 32.1. The molecule has 0 saturated carbocycles. The molecule has 0 amide bonds. The summed E-state index contributed by atoms with van der Waals surface area (Å²) in [7, 11) is 0. The molecule has 2 N–H and O–H groups in total. The molecule has 0 saturated heterocycles. The van der Waals surface area contributed by atoms with Crippen molar-refractivity contribution in [3.05, 3.63) is 34.5 Å². The molecule has 0 aliphatic heterocycles. The van der Waals surface area contributed by atoms with E-state index >= 15 is 0 Å². The van der Waals surface area contributed by atoms with Crippen molar-refractivity contribution in [2.45, 2.75) is 19.3 Å². The number of hydrogen-bond acceptors (Lipinski definition) is 3. The van der Waals surface area contributed by atoms with Gasteiger partial charge in [-0.15, -0.1) is 11.3 Å². The largest absolute Gasteiger partial charge is 0.478 e. The molecule has 0 spiro atoms. The molecule has 3 nitrogen and oxygen atoms in total. The lowest BCUT2D eigenvalue weighted by atomic mass is 9.91. The van der Waals surface area contributed by atoms with E-state index in [-0.39, 0.29) is 11.0 Å². The lowest BCUT2D eigenvalue weighted by molar-refractivity contribution is -0.132. The van der Waals surface area contributed by atoms with Gasteiger partial charge >= 0.3 is 5.97 Å². The van der Waals surface area contributed by atoms with E-state index in [9.17, 15) is 4.79 Å². The van der Waals surface area contributed by atoms with Crippen LogP contribution in [-0.4, -0.2) is 24.2 Å². The second kappa shape index (κ2) is 5.27. The maximum absolute atomic E-state index is 10.5. The zero-order valence-corrected chi connectivity index (χ0v) is 10.4. The molecule has 16 heavy (non-hydrogen) atoms. The topological polar surface area (TPSA) is 49.3 Å². The maximum atomic E-state index is 10.5. The third kappa shape index (κ3) is 3.47. The third-order valence-electron chi connectivity index (χ3n) is 2.40. The van der Waals surface area contributed by atoms with Crippen LogP contribution in [0.15, 0.2) is 29.7 Å². The van der Waals surface area contributed by atoms with E-state index in [2.05, 4.69) is 31.8 Å². The Balaban J connectivity index is 2.43. The molecule has 0 aliphatic rings. The molecule has 0 bridgehead atoms. The predicted molar refractivity (Wildman–Crippen MR) is 67.0 cm³/mol. The Morgan fingerprint density at radius 2 is 2.31 bits per heavy atom. The van der Waals surface area contributed by atoms with Crippen LogP contribution in [0, 0.1) is 0 Å². The Labute approximate surface area is 99.8 Å². The molecule has 0 aliphatic carbocycles. The molecule has 1 aromatic heterocycles. The van der Waals surface area contributed by atoms with Gasteiger partial charge in [-0.3, -0.25) is 0 Å². The summed E-state index contributed by atoms with van der Waals surface area (Å²) >= 11 is 1.72. The van der Waals surface area contributed by atoms with Gasteiger partial charge in [0.25, 0.3) is 0 Å². The maximum Gasteiger partial charge on any atom is 0.332 e. The monoisotopic (exact) mass is 239 g/mol. The zero-order valence-electron chi connectivity index (χ0n) is 9.62. The summed E-state index contributed by atoms with van der Waals surface area (Å²) in [5.41, 5.74) is 0.217. The van der Waals surface area contributed by atoms with Crippen LogP contribution in [0.4, 0.5) is 0 Å². The summed E-state index contributed by atoms with van der Waals surface area (Å²) in [5.74, 6) is -0.943. The van der Waals surface area contributed by atoms with Gasteiger partial charge in [-0.05, 0) is 11.4 Å². The minimum absolute atomic E-state index is 0.0208. The Bertz CT molecular complexity index is 368. The van der Waals surface area contributed by atoms with Crippen molar-refractivity contribution in [2.75, 3.05) is 13.1 Å². The molecule has 0 radical (unpaired) electrons. The fourth-order valence-corrected chi connectivity index (χ4v) is 2.20. The summed E-state index contributed by atoms with van der Waals surface area (Å²) < 4.78 is 0. The van der Waals surface area contributed by atoms with E-state index in [0.29, 0.717) is 6.54 Å². The molecule has 1 rings (SSSR count). The van der Waals surface area contributed by atoms with Crippen molar-refractivity contribution in [1.82, 2.24) is 5.32 Å². The first kappa shape index (κ1) is 12.9. The lowest BCUT2D eigenvalue weighted by Crippen LogP contribution is -2.34. The fraction of sp³-hybridized carbons (Fsp3) is 0.417. The average Bonchev–Trinajstić information content (AvgIpc) is 2.70. The first-order valence-electron chi connectivity index (χ1n) is 5.09. The van der Waals surface area contributed by atoms with Crippen LogP contribution >= 0.6 is 11.3 Å². The number of carboxylic acids is 1. The van der Waals surface area contributed by atoms with Crippen molar-refractivity contribution in [3.8, 4) is 0 Å². The Hall–Kier alpha value is -1.13. The number of nitrogens with one attached hydrogen (secondary N) is 1. The Morgan fingerprint density at radius 3 is 2.81 bits per heavy atom. The summed E-state index contributed by atoms with van der Waals surface area (Å²) in [4.78, 5) is 11.8. The second-order valence-corrected chi connectivity index (χ2v) is 5.32. The summed E-state index contributed by atoms with van der Waals surface area (Å²) in [6.07, 6.45) is 0. The van der Waals surface area contributed by atoms with Gasteiger partial charge in [-0.25, -0.2) is 4.79 Å². The van der Waals surface area contributed by atoms with Crippen LogP contribution in [0.25, 0.3) is 0 Å². The molecular formula is C12H17NO2S.